The fraction of sp³-hybridized carbons (Fsp3) is 0.607. The molecule has 32 heavy (non-hydrogen) atoms. The summed E-state index contributed by atoms with van der Waals surface area (Å²) in [4.78, 5) is 13.4. The molecule has 0 amide bonds. The zero-order valence-corrected chi connectivity index (χ0v) is 20.4. The molecule has 4 unspecified atom stereocenters. The van der Waals surface area contributed by atoms with Gasteiger partial charge in [0.2, 0.25) is 0 Å². The Morgan fingerprint density at radius 1 is 1.22 bits per heavy atom. The van der Waals surface area contributed by atoms with E-state index in [2.05, 4.69) is 32.1 Å². The molecule has 0 spiro atoms. The van der Waals surface area contributed by atoms with E-state index in [0.717, 1.165) is 49.0 Å². The second-order valence-corrected chi connectivity index (χ2v) is 9.44. The van der Waals surface area contributed by atoms with Crippen LogP contribution in [-0.4, -0.2) is 37.3 Å². The Morgan fingerprint density at radius 2 is 2.03 bits per heavy atom. The zero-order valence-electron chi connectivity index (χ0n) is 20.4. The topological polar surface area (TPSA) is 44.8 Å². The number of hydrogen-bond donors (Lipinski definition) is 0. The van der Waals surface area contributed by atoms with Crippen molar-refractivity contribution in [3.63, 3.8) is 0 Å². The van der Waals surface area contributed by atoms with Crippen LogP contribution in [0.5, 0.6) is 5.75 Å². The van der Waals surface area contributed by atoms with Crippen LogP contribution in [-0.2, 0) is 9.47 Å². The van der Waals surface area contributed by atoms with Gasteiger partial charge >= 0.3 is 0 Å². The summed E-state index contributed by atoms with van der Waals surface area (Å²) in [7, 11) is 0. The van der Waals surface area contributed by atoms with E-state index in [0.29, 0.717) is 19.1 Å². The maximum Gasteiger partial charge on any atom is 0.166 e. The number of Topliss-reactive ketones (excluding diaryl/α,β-unsaturated/α-hetero) is 1. The van der Waals surface area contributed by atoms with E-state index in [-0.39, 0.29) is 30.0 Å². The third kappa shape index (κ3) is 6.55. The van der Waals surface area contributed by atoms with E-state index >= 15 is 0 Å². The normalized spacial score (nSPS) is 26.8. The number of carbonyl (C=O) groups is 1. The smallest absolute Gasteiger partial charge is 0.166 e. The van der Waals surface area contributed by atoms with Crippen molar-refractivity contribution in [3.05, 3.63) is 53.1 Å². The van der Waals surface area contributed by atoms with E-state index in [1.807, 2.05) is 39.0 Å². The number of rotatable bonds is 7. The molecular formula is C28H40O4. The molecule has 1 aromatic rings. The van der Waals surface area contributed by atoms with Gasteiger partial charge in [0.25, 0.3) is 0 Å². The molecule has 0 saturated carbocycles. The van der Waals surface area contributed by atoms with Crippen LogP contribution in [0.1, 0.15) is 75.7 Å². The van der Waals surface area contributed by atoms with Crippen LogP contribution in [0.4, 0.5) is 0 Å². The summed E-state index contributed by atoms with van der Waals surface area (Å²) in [5, 5.41) is 0. The summed E-state index contributed by atoms with van der Waals surface area (Å²) in [5.74, 6) is 1.44. The molecule has 2 aliphatic rings. The van der Waals surface area contributed by atoms with Crippen molar-refractivity contribution in [1.29, 1.82) is 0 Å². The van der Waals surface area contributed by atoms with Crippen LogP contribution in [0.2, 0.25) is 0 Å². The van der Waals surface area contributed by atoms with Crippen LogP contribution in [0.15, 0.2) is 42.0 Å². The number of carbonyl (C=O) groups excluding carboxylic acids is 1. The van der Waals surface area contributed by atoms with Crippen LogP contribution in [0, 0.1) is 18.8 Å². The lowest BCUT2D eigenvalue weighted by Gasteiger charge is -2.29. The molecule has 0 bridgehead atoms. The molecular weight excluding hydrogens is 400 g/mol. The van der Waals surface area contributed by atoms with Crippen LogP contribution < -0.4 is 4.74 Å². The average Bonchev–Trinajstić information content (AvgIpc) is 3.18. The third-order valence-corrected chi connectivity index (χ3v) is 6.52. The van der Waals surface area contributed by atoms with Gasteiger partial charge in [0, 0.05) is 31.1 Å². The fourth-order valence-corrected chi connectivity index (χ4v) is 4.82. The SMILES string of the molecule is CCOC1CCCC(C(=O)c2ccc(OC(C)C)c(C)c2)CCOC(C2=CC=CC2C)C1. The second-order valence-electron chi connectivity index (χ2n) is 9.44. The quantitative estimate of drug-likeness (QED) is 0.456. The highest BCUT2D eigenvalue weighted by molar-refractivity contribution is 5.98. The fourth-order valence-electron chi connectivity index (χ4n) is 4.82. The minimum atomic E-state index is -0.0274. The van der Waals surface area contributed by atoms with Gasteiger partial charge in [0.15, 0.2) is 5.78 Å². The predicted octanol–water partition coefficient (Wildman–Crippen LogP) is 6.47. The highest BCUT2D eigenvalue weighted by atomic mass is 16.5. The highest BCUT2D eigenvalue weighted by Crippen LogP contribution is 2.31. The number of ether oxygens (including phenoxy) is 3. The van der Waals surface area contributed by atoms with E-state index in [1.54, 1.807) is 0 Å². The number of allylic oxidation sites excluding steroid dienone is 3. The summed E-state index contributed by atoms with van der Waals surface area (Å²) in [5.41, 5.74) is 3.11. The molecule has 0 N–H and O–H groups in total. The maximum atomic E-state index is 13.4. The van der Waals surface area contributed by atoms with Gasteiger partial charge in [-0.2, -0.15) is 0 Å². The third-order valence-electron chi connectivity index (χ3n) is 6.52. The molecule has 4 heteroatoms. The van der Waals surface area contributed by atoms with Gasteiger partial charge in [-0.05, 0) is 82.2 Å². The van der Waals surface area contributed by atoms with Crippen molar-refractivity contribution in [1.82, 2.24) is 0 Å². The first-order valence-electron chi connectivity index (χ1n) is 12.3. The number of benzene rings is 1. The zero-order chi connectivity index (χ0) is 23.1. The summed E-state index contributed by atoms with van der Waals surface area (Å²) < 4.78 is 18.3. The van der Waals surface area contributed by atoms with Crippen molar-refractivity contribution < 1.29 is 19.0 Å². The van der Waals surface area contributed by atoms with E-state index in [4.69, 9.17) is 14.2 Å². The molecule has 1 aliphatic carbocycles. The van der Waals surface area contributed by atoms with Crippen molar-refractivity contribution in [2.24, 2.45) is 11.8 Å². The van der Waals surface area contributed by atoms with Gasteiger partial charge in [-0.3, -0.25) is 4.79 Å². The standard InChI is InChI=1S/C28H40O4/c1-6-30-24-11-8-10-22(15-16-31-27(18-24)25-12-7-9-20(25)4)28(29)23-13-14-26(21(5)17-23)32-19(2)3/h7,9,12-14,17,19-20,22,24,27H,6,8,10-11,15-16,18H2,1-5H3. The highest BCUT2D eigenvalue weighted by Gasteiger charge is 2.28. The molecule has 0 aromatic heterocycles. The lowest BCUT2D eigenvalue weighted by Crippen LogP contribution is -2.29. The lowest BCUT2D eigenvalue weighted by molar-refractivity contribution is -0.0140. The largest absolute Gasteiger partial charge is 0.491 e. The first-order valence-corrected chi connectivity index (χ1v) is 12.3. The predicted molar refractivity (Wildman–Crippen MR) is 129 cm³/mol. The van der Waals surface area contributed by atoms with Gasteiger partial charge in [-0.15, -0.1) is 0 Å². The second kappa shape index (κ2) is 11.8. The first-order chi connectivity index (χ1) is 15.4. The summed E-state index contributed by atoms with van der Waals surface area (Å²) in [6.07, 6.45) is 11.4. The Labute approximate surface area is 194 Å². The molecule has 4 nitrogen and oxygen atoms in total. The summed E-state index contributed by atoms with van der Waals surface area (Å²) in [6.45, 7) is 11.6. The molecule has 1 aromatic carbocycles. The number of aryl methyl sites for hydroxylation is 1. The van der Waals surface area contributed by atoms with Gasteiger partial charge in [-0.1, -0.05) is 31.6 Å². The van der Waals surface area contributed by atoms with Crippen molar-refractivity contribution in [2.45, 2.75) is 85.0 Å². The van der Waals surface area contributed by atoms with Crippen LogP contribution in [0.25, 0.3) is 0 Å². The van der Waals surface area contributed by atoms with Gasteiger partial charge < -0.3 is 14.2 Å². The van der Waals surface area contributed by atoms with E-state index in [1.165, 1.54) is 5.57 Å². The Kier molecular flexibility index (Phi) is 9.12. The molecule has 1 aliphatic heterocycles. The minimum Gasteiger partial charge on any atom is -0.491 e. The molecule has 1 heterocycles. The Hall–Kier alpha value is -1.91. The molecule has 0 radical (unpaired) electrons. The molecule has 1 saturated heterocycles. The lowest BCUT2D eigenvalue weighted by atomic mass is 9.87. The van der Waals surface area contributed by atoms with Crippen LogP contribution >= 0.6 is 0 Å². The Balaban J connectivity index is 1.71. The van der Waals surface area contributed by atoms with Crippen molar-refractivity contribution in [3.8, 4) is 5.75 Å². The Bertz CT molecular complexity index is 823. The maximum absolute atomic E-state index is 13.4. The van der Waals surface area contributed by atoms with Crippen LogP contribution in [0.3, 0.4) is 0 Å². The van der Waals surface area contributed by atoms with Gasteiger partial charge in [-0.25, -0.2) is 0 Å². The molecule has 176 valence electrons. The summed E-state index contributed by atoms with van der Waals surface area (Å²) in [6, 6.07) is 5.82. The van der Waals surface area contributed by atoms with Crippen molar-refractivity contribution >= 4 is 5.78 Å². The number of hydrogen-bond acceptors (Lipinski definition) is 4. The number of ketones is 1. The Morgan fingerprint density at radius 3 is 2.69 bits per heavy atom. The van der Waals surface area contributed by atoms with E-state index in [9.17, 15) is 4.79 Å². The first kappa shape index (κ1) is 24.7. The molecule has 3 rings (SSSR count). The van der Waals surface area contributed by atoms with Gasteiger partial charge in [0.1, 0.15) is 5.75 Å². The van der Waals surface area contributed by atoms with Crippen molar-refractivity contribution in [2.75, 3.05) is 13.2 Å². The molecule has 4 atom stereocenters. The molecule has 1 fully saturated rings. The average molecular weight is 441 g/mol. The monoisotopic (exact) mass is 440 g/mol. The van der Waals surface area contributed by atoms with E-state index < -0.39 is 0 Å². The van der Waals surface area contributed by atoms with Gasteiger partial charge in [0.05, 0.1) is 18.3 Å². The summed E-state index contributed by atoms with van der Waals surface area (Å²) >= 11 is 0. The minimum absolute atomic E-state index is 0.0274.